The average molecular weight is 396 g/mol. The Balaban J connectivity index is 2.22. The molecule has 4 nitrogen and oxygen atoms in total. The molecule has 0 aromatic heterocycles. The molecule has 1 fully saturated rings. The molecule has 5 heteroatoms. The van der Waals surface area contributed by atoms with Gasteiger partial charge in [-0.3, -0.25) is 0 Å². The summed E-state index contributed by atoms with van der Waals surface area (Å²) in [6.45, 7) is 8.96. The normalized spacial score (nSPS) is 20.2. The quantitative estimate of drug-likeness (QED) is 0.623. The number of amides is 1. The van der Waals surface area contributed by atoms with Gasteiger partial charge in [0.05, 0.1) is 5.60 Å². The summed E-state index contributed by atoms with van der Waals surface area (Å²) in [5, 5.41) is 12.4. The van der Waals surface area contributed by atoms with Crippen molar-refractivity contribution >= 4 is 17.7 Å². The maximum atomic E-state index is 12.5. The third kappa shape index (κ3) is 6.11. The zero-order chi connectivity index (χ0) is 20.1. The van der Waals surface area contributed by atoms with Crippen LogP contribution in [0.15, 0.2) is 24.3 Å². The lowest BCUT2D eigenvalue weighted by molar-refractivity contribution is -0.0636. The highest BCUT2D eigenvalue weighted by molar-refractivity contribution is 6.30. The molecule has 0 bridgehead atoms. The summed E-state index contributed by atoms with van der Waals surface area (Å²) < 4.78 is 5.55. The fourth-order valence-electron chi connectivity index (χ4n) is 3.85. The molecule has 1 heterocycles. The van der Waals surface area contributed by atoms with E-state index in [4.69, 9.17) is 16.3 Å². The lowest BCUT2D eigenvalue weighted by Crippen LogP contribution is -2.49. The van der Waals surface area contributed by atoms with Crippen LogP contribution in [0, 0.1) is 5.92 Å². The highest BCUT2D eigenvalue weighted by Gasteiger charge is 2.41. The molecule has 1 aliphatic heterocycles. The number of nitrogens with zero attached hydrogens (tertiary/aromatic N) is 1. The molecule has 0 spiro atoms. The first-order valence-electron chi connectivity index (χ1n) is 10.1. The van der Waals surface area contributed by atoms with Gasteiger partial charge in [-0.05, 0) is 57.7 Å². The van der Waals surface area contributed by atoms with Crippen molar-refractivity contribution in [3.63, 3.8) is 0 Å². The molecule has 1 N–H and O–H groups in total. The van der Waals surface area contributed by atoms with Crippen molar-refractivity contribution in [1.29, 1.82) is 0 Å². The minimum Gasteiger partial charge on any atom is -0.444 e. The van der Waals surface area contributed by atoms with Gasteiger partial charge < -0.3 is 14.7 Å². The zero-order valence-electron chi connectivity index (χ0n) is 17.1. The predicted octanol–water partition coefficient (Wildman–Crippen LogP) is 5.76. The molecule has 27 heavy (non-hydrogen) atoms. The van der Waals surface area contributed by atoms with Gasteiger partial charge in [0.1, 0.15) is 5.60 Å². The standard InChI is InChI=1S/C22H34ClNO3/c1-5-6-7-13-22(26,17-10-8-12-19(23)15-17)18-11-9-14-24(16-18)20(25)27-21(2,3)4/h8,10,12,15,18,26H,5-7,9,11,13-14,16H2,1-4H3/t18-,22-/m1/s1. The third-order valence-corrected chi connectivity index (χ3v) is 5.47. The SMILES string of the molecule is CCCCC[C@@](O)(c1cccc(Cl)c1)[C@@H]1CCCN(C(=O)OC(C)(C)C)C1. The molecule has 152 valence electrons. The van der Waals surface area contributed by atoms with E-state index in [2.05, 4.69) is 6.92 Å². The van der Waals surface area contributed by atoms with Crippen LogP contribution >= 0.6 is 11.6 Å². The number of carbonyl (C=O) groups excluding carboxylic acids is 1. The number of carbonyl (C=O) groups is 1. The van der Waals surface area contributed by atoms with Gasteiger partial charge in [0.25, 0.3) is 0 Å². The van der Waals surface area contributed by atoms with Crippen LogP contribution in [0.25, 0.3) is 0 Å². The second kappa shape index (κ2) is 9.29. The highest BCUT2D eigenvalue weighted by atomic mass is 35.5. The van der Waals surface area contributed by atoms with Crippen molar-refractivity contribution in [2.24, 2.45) is 5.92 Å². The number of ether oxygens (including phenoxy) is 1. The summed E-state index contributed by atoms with van der Waals surface area (Å²) in [5.74, 6) is -0.0332. The second-order valence-corrected chi connectivity index (χ2v) is 9.09. The molecule has 1 saturated heterocycles. The Hall–Kier alpha value is -1.26. The lowest BCUT2D eigenvalue weighted by Gasteiger charge is -2.43. The van der Waals surface area contributed by atoms with Gasteiger partial charge in [-0.15, -0.1) is 0 Å². The molecular formula is C22H34ClNO3. The predicted molar refractivity (Wildman–Crippen MR) is 110 cm³/mol. The second-order valence-electron chi connectivity index (χ2n) is 8.66. The van der Waals surface area contributed by atoms with Gasteiger partial charge in [0.2, 0.25) is 0 Å². The van der Waals surface area contributed by atoms with Crippen molar-refractivity contribution in [2.75, 3.05) is 13.1 Å². The van der Waals surface area contributed by atoms with Crippen LogP contribution in [-0.2, 0) is 10.3 Å². The Bertz CT molecular complexity index is 628. The van der Waals surface area contributed by atoms with Crippen molar-refractivity contribution < 1.29 is 14.6 Å². The maximum Gasteiger partial charge on any atom is 0.410 e. The van der Waals surface area contributed by atoms with Crippen LogP contribution in [-0.4, -0.2) is 34.8 Å². The first-order valence-corrected chi connectivity index (χ1v) is 10.5. The number of aliphatic hydroxyl groups is 1. The van der Waals surface area contributed by atoms with E-state index in [1.807, 2.05) is 45.0 Å². The largest absolute Gasteiger partial charge is 0.444 e. The highest BCUT2D eigenvalue weighted by Crippen LogP contribution is 2.40. The number of hydrogen-bond donors (Lipinski definition) is 1. The van der Waals surface area contributed by atoms with Gasteiger partial charge in [0.15, 0.2) is 0 Å². The zero-order valence-corrected chi connectivity index (χ0v) is 17.9. The molecule has 0 saturated carbocycles. The minimum atomic E-state index is -0.985. The van der Waals surface area contributed by atoms with E-state index < -0.39 is 11.2 Å². The monoisotopic (exact) mass is 395 g/mol. The van der Waals surface area contributed by atoms with Crippen LogP contribution in [0.1, 0.15) is 71.8 Å². The number of likely N-dealkylation sites (tertiary alicyclic amines) is 1. The fraction of sp³-hybridized carbons (Fsp3) is 0.682. The smallest absolute Gasteiger partial charge is 0.410 e. The molecule has 1 aromatic rings. The van der Waals surface area contributed by atoms with E-state index in [1.54, 1.807) is 4.90 Å². The van der Waals surface area contributed by atoms with Gasteiger partial charge in [0, 0.05) is 24.0 Å². The first-order chi connectivity index (χ1) is 12.7. The van der Waals surface area contributed by atoms with E-state index in [9.17, 15) is 9.90 Å². The fourth-order valence-corrected chi connectivity index (χ4v) is 4.04. The number of unbranched alkanes of at least 4 members (excludes halogenated alkanes) is 2. The topological polar surface area (TPSA) is 49.8 Å². The van der Waals surface area contributed by atoms with E-state index in [-0.39, 0.29) is 12.0 Å². The number of benzene rings is 1. The maximum absolute atomic E-state index is 12.5. The molecule has 0 unspecified atom stereocenters. The minimum absolute atomic E-state index is 0.0332. The van der Waals surface area contributed by atoms with Crippen molar-refractivity contribution in [3.8, 4) is 0 Å². The Morgan fingerprint density at radius 3 is 2.70 bits per heavy atom. The molecule has 2 rings (SSSR count). The first kappa shape index (κ1) is 22.0. The van der Waals surface area contributed by atoms with Crippen LogP contribution in [0.3, 0.4) is 0 Å². The van der Waals surface area contributed by atoms with Crippen LogP contribution < -0.4 is 0 Å². The Morgan fingerprint density at radius 1 is 1.33 bits per heavy atom. The van der Waals surface area contributed by atoms with Crippen molar-refractivity contribution in [1.82, 2.24) is 4.90 Å². The molecule has 1 aliphatic rings. The van der Waals surface area contributed by atoms with Crippen molar-refractivity contribution in [2.45, 2.75) is 77.4 Å². The van der Waals surface area contributed by atoms with Crippen LogP contribution in [0.4, 0.5) is 4.79 Å². The third-order valence-electron chi connectivity index (χ3n) is 5.23. The molecular weight excluding hydrogens is 362 g/mol. The summed E-state index contributed by atoms with van der Waals surface area (Å²) in [7, 11) is 0. The summed E-state index contributed by atoms with van der Waals surface area (Å²) in [5.41, 5.74) is -0.656. The van der Waals surface area contributed by atoms with Gasteiger partial charge in [-0.25, -0.2) is 4.79 Å². The molecule has 1 amide bonds. The summed E-state index contributed by atoms with van der Waals surface area (Å²) in [4.78, 5) is 14.3. The summed E-state index contributed by atoms with van der Waals surface area (Å²) in [6, 6.07) is 7.52. The van der Waals surface area contributed by atoms with Gasteiger partial charge in [-0.1, -0.05) is 49.9 Å². The molecule has 0 radical (unpaired) electrons. The Labute approximate surface area is 168 Å². The van der Waals surface area contributed by atoms with E-state index in [0.717, 1.165) is 37.7 Å². The number of hydrogen-bond acceptors (Lipinski definition) is 3. The molecule has 1 aromatic carbocycles. The Kier molecular flexibility index (Phi) is 7.58. The van der Waals surface area contributed by atoms with E-state index in [1.165, 1.54) is 0 Å². The Morgan fingerprint density at radius 2 is 2.07 bits per heavy atom. The lowest BCUT2D eigenvalue weighted by atomic mass is 9.74. The number of piperidine rings is 1. The summed E-state index contributed by atoms with van der Waals surface area (Å²) in [6.07, 6.45) is 5.24. The molecule has 0 aliphatic carbocycles. The van der Waals surface area contributed by atoms with E-state index >= 15 is 0 Å². The van der Waals surface area contributed by atoms with Crippen LogP contribution in [0.5, 0.6) is 0 Å². The van der Waals surface area contributed by atoms with Gasteiger partial charge in [-0.2, -0.15) is 0 Å². The van der Waals surface area contributed by atoms with Crippen molar-refractivity contribution in [3.05, 3.63) is 34.9 Å². The average Bonchev–Trinajstić information content (AvgIpc) is 2.60. The number of halogens is 1. The van der Waals surface area contributed by atoms with Gasteiger partial charge >= 0.3 is 6.09 Å². The number of rotatable bonds is 6. The van der Waals surface area contributed by atoms with Crippen LogP contribution in [0.2, 0.25) is 5.02 Å². The molecule has 2 atom stereocenters. The summed E-state index contributed by atoms with van der Waals surface area (Å²) >= 11 is 6.21. The van der Waals surface area contributed by atoms with E-state index in [0.29, 0.717) is 24.5 Å².